The van der Waals surface area contributed by atoms with Gasteiger partial charge in [0, 0.05) is 17.4 Å². The number of para-hydroxylation sites is 1. The van der Waals surface area contributed by atoms with E-state index in [0.29, 0.717) is 13.0 Å². The van der Waals surface area contributed by atoms with E-state index in [1.54, 1.807) is 12.1 Å². The number of benzene rings is 3. The number of rotatable bonds is 4. The predicted octanol–water partition coefficient (Wildman–Crippen LogP) is 7.12. The second-order valence-corrected chi connectivity index (χ2v) is 9.91. The number of fused-ring (bicyclic) bond motifs is 3. The van der Waals surface area contributed by atoms with Crippen molar-refractivity contribution in [2.75, 3.05) is 5.32 Å². The Bertz CT molecular complexity index is 1650. The molecule has 7 heteroatoms. The number of carbonyl (C=O) groups excluding carboxylic acids is 1. The summed E-state index contributed by atoms with van der Waals surface area (Å²) in [5, 5.41) is 8.17. The molecule has 1 aliphatic heterocycles. The van der Waals surface area contributed by atoms with Crippen molar-refractivity contribution in [3.63, 3.8) is 0 Å². The first-order chi connectivity index (χ1) is 19.0. The Kier molecular flexibility index (Phi) is 6.27. The number of nitrogens with one attached hydrogen (secondary N) is 1. The number of hydrogen-bond acceptors (Lipinski definition) is 2. The van der Waals surface area contributed by atoms with Crippen LogP contribution in [0.25, 0.3) is 11.5 Å². The molecule has 3 heterocycles. The summed E-state index contributed by atoms with van der Waals surface area (Å²) in [5.74, 6) is 0.595. The Morgan fingerprint density at radius 1 is 0.974 bits per heavy atom. The van der Waals surface area contributed by atoms with Crippen molar-refractivity contribution in [1.82, 2.24) is 19.2 Å². The van der Waals surface area contributed by atoms with E-state index in [-0.39, 0.29) is 11.8 Å². The van der Waals surface area contributed by atoms with Crippen molar-refractivity contribution in [3.05, 3.63) is 131 Å². The summed E-state index contributed by atoms with van der Waals surface area (Å²) in [6.45, 7) is 6.46. The van der Waals surface area contributed by atoms with Crippen LogP contribution >= 0.6 is 0 Å². The van der Waals surface area contributed by atoms with E-state index in [2.05, 4.69) is 16.8 Å². The van der Waals surface area contributed by atoms with Crippen LogP contribution in [-0.2, 0) is 13.0 Å². The fraction of sp³-hybridized carbons (Fsp3) is 0.188. The van der Waals surface area contributed by atoms with Gasteiger partial charge in [-0.2, -0.15) is 5.10 Å². The third kappa shape index (κ3) is 4.30. The largest absolute Gasteiger partial charge is 0.322 e. The molecule has 0 unspecified atom stereocenters. The van der Waals surface area contributed by atoms with E-state index in [4.69, 9.17) is 5.10 Å². The maximum Gasteiger partial charge on any atom is 0.322 e. The van der Waals surface area contributed by atoms with Crippen LogP contribution in [0.3, 0.4) is 0 Å². The van der Waals surface area contributed by atoms with Crippen molar-refractivity contribution >= 4 is 11.7 Å². The molecule has 2 amide bonds. The highest BCUT2D eigenvalue weighted by molar-refractivity contribution is 5.91. The van der Waals surface area contributed by atoms with Crippen LogP contribution in [0.5, 0.6) is 0 Å². The molecule has 1 aliphatic rings. The molecule has 2 aromatic heterocycles. The van der Waals surface area contributed by atoms with E-state index in [1.165, 1.54) is 12.1 Å². The highest BCUT2D eigenvalue weighted by Gasteiger charge is 2.36. The summed E-state index contributed by atoms with van der Waals surface area (Å²) < 4.78 is 18.1. The van der Waals surface area contributed by atoms with Crippen molar-refractivity contribution in [1.29, 1.82) is 0 Å². The van der Waals surface area contributed by atoms with Gasteiger partial charge >= 0.3 is 6.03 Å². The summed E-state index contributed by atoms with van der Waals surface area (Å²) >= 11 is 0. The molecule has 1 N–H and O–H groups in total. The molecule has 39 heavy (non-hydrogen) atoms. The van der Waals surface area contributed by atoms with Crippen molar-refractivity contribution in [2.24, 2.45) is 0 Å². The molecule has 3 aromatic carbocycles. The Balaban J connectivity index is 1.55. The molecule has 5 aromatic rings. The predicted molar refractivity (Wildman–Crippen MR) is 151 cm³/mol. The van der Waals surface area contributed by atoms with Gasteiger partial charge < -0.3 is 14.8 Å². The number of aromatic nitrogens is 3. The zero-order valence-corrected chi connectivity index (χ0v) is 22.2. The first kappa shape index (κ1) is 24.7. The van der Waals surface area contributed by atoms with Crippen LogP contribution in [0, 0.1) is 19.7 Å². The first-order valence-corrected chi connectivity index (χ1v) is 13.2. The van der Waals surface area contributed by atoms with Gasteiger partial charge in [-0.25, -0.2) is 13.9 Å². The number of anilines is 1. The van der Waals surface area contributed by atoms with Crippen molar-refractivity contribution in [2.45, 2.75) is 39.8 Å². The van der Waals surface area contributed by atoms with E-state index < -0.39 is 6.04 Å². The third-order valence-electron chi connectivity index (χ3n) is 7.60. The van der Waals surface area contributed by atoms with Gasteiger partial charge in [-0.1, -0.05) is 49.4 Å². The van der Waals surface area contributed by atoms with E-state index in [9.17, 15) is 9.18 Å². The quantitative estimate of drug-likeness (QED) is 0.275. The van der Waals surface area contributed by atoms with Crippen LogP contribution in [-0.4, -0.2) is 25.3 Å². The summed E-state index contributed by atoms with van der Waals surface area (Å²) in [6, 6.07) is 25.7. The molecule has 0 fully saturated rings. The minimum atomic E-state index is -0.452. The van der Waals surface area contributed by atoms with Gasteiger partial charge in [-0.3, -0.25) is 0 Å². The van der Waals surface area contributed by atoms with E-state index in [0.717, 1.165) is 50.8 Å². The Hall–Kier alpha value is -4.65. The number of halogens is 1. The number of hydrogen-bond donors (Lipinski definition) is 1. The van der Waals surface area contributed by atoms with Crippen molar-refractivity contribution in [3.8, 4) is 11.5 Å². The average Bonchev–Trinajstić information content (AvgIpc) is 3.53. The molecule has 0 aliphatic carbocycles. The topological polar surface area (TPSA) is 55.1 Å². The van der Waals surface area contributed by atoms with Gasteiger partial charge in [0.25, 0.3) is 0 Å². The average molecular weight is 520 g/mol. The lowest BCUT2D eigenvalue weighted by Crippen LogP contribution is -2.38. The molecule has 0 saturated heterocycles. The van der Waals surface area contributed by atoms with Gasteiger partial charge in [0.1, 0.15) is 11.6 Å². The van der Waals surface area contributed by atoms with Gasteiger partial charge in [0.05, 0.1) is 29.7 Å². The standard InChI is InChI=1S/C32H30FN5O/c1-4-27-26-20-37(32(39)34-28-13-8-10-21(2)22(28)3)30(23-15-17-24(33)18-16-23)29-14-9-19-36(29)31(26)38(35-27)25-11-6-5-7-12-25/h5-19,30H,4,20H2,1-3H3,(H,34,39)/t30-/m0/s1. The van der Waals surface area contributed by atoms with Gasteiger partial charge in [-0.15, -0.1) is 0 Å². The monoisotopic (exact) mass is 519 g/mol. The normalized spacial score (nSPS) is 14.5. The Labute approximate surface area is 227 Å². The second kappa shape index (κ2) is 9.91. The molecule has 0 bridgehead atoms. The van der Waals surface area contributed by atoms with E-state index in [1.807, 2.05) is 90.3 Å². The van der Waals surface area contributed by atoms with Gasteiger partial charge in [0.2, 0.25) is 0 Å². The summed E-state index contributed by atoms with van der Waals surface area (Å²) in [4.78, 5) is 16.0. The molecule has 6 rings (SSSR count). The molecular weight excluding hydrogens is 489 g/mol. The lowest BCUT2D eigenvalue weighted by Gasteiger charge is -2.31. The lowest BCUT2D eigenvalue weighted by atomic mass is 10.0. The summed E-state index contributed by atoms with van der Waals surface area (Å²) in [6.07, 6.45) is 2.73. The minimum absolute atomic E-state index is 0.229. The zero-order chi connectivity index (χ0) is 27.1. The fourth-order valence-electron chi connectivity index (χ4n) is 5.42. The minimum Gasteiger partial charge on any atom is -0.308 e. The number of aryl methyl sites for hydroxylation is 2. The first-order valence-electron chi connectivity index (χ1n) is 13.2. The Morgan fingerprint density at radius 3 is 2.49 bits per heavy atom. The third-order valence-corrected chi connectivity index (χ3v) is 7.60. The summed E-state index contributed by atoms with van der Waals surface area (Å²) in [5.41, 5.74) is 7.48. The number of urea groups is 1. The molecule has 0 saturated carbocycles. The molecule has 0 radical (unpaired) electrons. The fourth-order valence-corrected chi connectivity index (χ4v) is 5.42. The van der Waals surface area contributed by atoms with Gasteiger partial charge in [-0.05, 0) is 79.4 Å². The summed E-state index contributed by atoms with van der Waals surface area (Å²) in [7, 11) is 0. The van der Waals surface area contributed by atoms with Crippen LogP contribution in [0.1, 0.15) is 46.6 Å². The number of amides is 2. The maximum atomic E-state index is 14.2. The maximum absolute atomic E-state index is 14.2. The SMILES string of the molecule is CCc1nn(-c2ccccc2)c2c1CN(C(=O)Nc1cccc(C)c1C)[C@@H](c1ccc(F)cc1)c1cccn1-2. The molecule has 196 valence electrons. The van der Waals surface area contributed by atoms with Crippen LogP contribution in [0.4, 0.5) is 14.9 Å². The van der Waals surface area contributed by atoms with Crippen LogP contribution in [0.15, 0.2) is 91.1 Å². The van der Waals surface area contributed by atoms with Crippen LogP contribution < -0.4 is 5.32 Å². The molecule has 0 spiro atoms. The zero-order valence-electron chi connectivity index (χ0n) is 22.2. The number of nitrogens with zero attached hydrogens (tertiary/aromatic N) is 4. The second-order valence-electron chi connectivity index (χ2n) is 9.91. The van der Waals surface area contributed by atoms with Gasteiger partial charge in [0.15, 0.2) is 0 Å². The van der Waals surface area contributed by atoms with Crippen molar-refractivity contribution < 1.29 is 9.18 Å². The highest BCUT2D eigenvalue weighted by Crippen LogP contribution is 2.39. The van der Waals surface area contributed by atoms with E-state index >= 15 is 0 Å². The Morgan fingerprint density at radius 2 is 1.74 bits per heavy atom. The highest BCUT2D eigenvalue weighted by atomic mass is 19.1. The number of carbonyl (C=O) groups is 1. The van der Waals surface area contributed by atoms with Crippen LogP contribution in [0.2, 0.25) is 0 Å². The molecular formula is C32H30FN5O. The molecule has 6 nitrogen and oxygen atoms in total. The molecule has 1 atom stereocenters. The lowest BCUT2D eigenvalue weighted by molar-refractivity contribution is 0.194. The smallest absolute Gasteiger partial charge is 0.308 e.